The summed E-state index contributed by atoms with van der Waals surface area (Å²) in [5.74, 6) is 0.871. The van der Waals surface area contributed by atoms with E-state index in [1.54, 1.807) is 13.2 Å². The molecule has 6 nitrogen and oxygen atoms in total. The quantitative estimate of drug-likeness (QED) is 0.619. The number of allylic oxidation sites excluding steroid dienone is 1. The van der Waals surface area contributed by atoms with E-state index in [-0.39, 0.29) is 17.3 Å². The molecule has 2 aliphatic carbocycles. The smallest absolute Gasteiger partial charge is 0.398 e. The Balaban J connectivity index is 1.52. The average Bonchev–Trinajstić information content (AvgIpc) is 3.20. The third-order valence-electron chi connectivity index (χ3n) is 7.26. The van der Waals surface area contributed by atoms with Gasteiger partial charge in [-0.1, -0.05) is 0 Å². The largest absolute Gasteiger partial charge is 0.419 e. The molecule has 0 radical (unpaired) electrons. The SMILES string of the molecule is COCCN1CCC12CC1C(C2)C1C(C=C(N)c1cnc(N)c(C(F)(F)F)c1)=NC(C)C. The van der Waals surface area contributed by atoms with Crippen LogP contribution in [0.15, 0.2) is 23.3 Å². The predicted octanol–water partition coefficient (Wildman–Crippen LogP) is 3.58. The summed E-state index contributed by atoms with van der Waals surface area (Å²) in [6.07, 6.45) is 1.95. The summed E-state index contributed by atoms with van der Waals surface area (Å²) in [5, 5.41) is 0. The van der Waals surface area contributed by atoms with Gasteiger partial charge in [0.05, 0.1) is 12.2 Å². The molecular formula is C23H32F3N5O. The molecule has 4 N–H and O–H groups in total. The highest BCUT2D eigenvalue weighted by Crippen LogP contribution is 2.65. The molecule has 0 bridgehead atoms. The van der Waals surface area contributed by atoms with Crippen LogP contribution in [0.2, 0.25) is 0 Å². The molecule has 1 spiro atoms. The van der Waals surface area contributed by atoms with E-state index in [2.05, 4.69) is 9.88 Å². The summed E-state index contributed by atoms with van der Waals surface area (Å²) in [4.78, 5) is 11.0. The maximum absolute atomic E-state index is 13.2. The fourth-order valence-corrected chi connectivity index (χ4v) is 5.62. The summed E-state index contributed by atoms with van der Waals surface area (Å²) in [5.41, 5.74) is 12.3. The van der Waals surface area contributed by atoms with Crippen molar-refractivity contribution in [1.29, 1.82) is 0 Å². The number of methoxy groups -OCH3 is 1. The summed E-state index contributed by atoms with van der Waals surface area (Å²) in [7, 11) is 1.73. The third-order valence-corrected chi connectivity index (χ3v) is 7.26. The number of nitrogens with zero attached hydrogens (tertiary/aromatic N) is 3. The number of likely N-dealkylation sites (tertiary alicyclic amines) is 1. The molecule has 32 heavy (non-hydrogen) atoms. The monoisotopic (exact) mass is 451 g/mol. The Morgan fingerprint density at radius 2 is 2.06 bits per heavy atom. The van der Waals surface area contributed by atoms with E-state index < -0.39 is 17.6 Å². The number of hydrogen-bond acceptors (Lipinski definition) is 6. The van der Waals surface area contributed by atoms with Crippen LogP contribution in [0.5, 0.6) is 0 Å². The van der Waals surface area contributed by atoms with E-state index in [0.29, 0.717) is 23.3 Å². The standard InChI is InChI=1S/C23H32F3N5O/c1-13(2)30-19(9-18(27)14-8-17(23(24,25)26)21(28)29-12-14)20-15-10-22(11-16(15)20)4-5-31(22)6-7-32-3/h8-9,12-13,15-16,20H,4-7,10-11,27H2,1-3H3,(H2,28,29). The molecule has 1 aromatic rings. The van der Waals surface area contributed by atoms with Crippen LogP contribution in [0.25, 0.3) is 5.70 Å². The Kier molecular flexibility index (Phi) is 6.00. The number of fused-ring (bicyclic) bond motifs is 1. The molecule has 2 unspecified atom stereocenters. The Labute approximate surface area is 186 Å². The summed E-state index contributed by atoms with van der Waals surface area (Å²) in [6.45, 7) is 6.82. The van der Waals surface area contributed by atoms with Gasteiger partial charge in [0.1, 0.15) is 5.82 Å². The van der Waals surface area contributed by atoms with Gasteiger partial charge >= 0.3 is 6.18 Å². The maximum Gasteiger partial charge on any atom is 0.419 e. The Bertz CT molecular complexity index is 915. The zero-order chi connectivity index (χ0) is 23.3. The number of halogens is 3. The van der Waals surface area contributed by atoms with Crippen molar-refractivity contribution in [3.63, 3.8) is 0 Å². The minimum absolute atomic E-state index is 0.0709. The van der Waals surface area contributed by atoms with Crippen LogP contribution in [-0.4, -0.2) is 54.0 Å². The van der Waals surface area contributed by atoms with Gasteiger partial charge in [0.2, 0.25) is 0 Å². The van der Waals surface area contributed by atoms with Gasteiger partial charge in [-0.3, -0.25) is 9.89 Å². The second-order valence-corrected chi connectivity index (χ2v) is 9.62. The molecule has 1 aliphatic heterocycles. The molecule has 4 rings (SSSR count). The van der Waals surface area contributed by atoms with Gasteiger partial charge in [0.15, 0.2) is 0 Å². The van der Waals surface area contributed by atoms with Crippen LogP contribution in [-0.2, 0) is 10.9 Å². The second kappa shape index (κ2) is 8.33. The van der Waals surface area contributed by atoms with Gasteiger partial charge in [-0.2, -0.15) is 13.2 Å². The number of pyridine rings is 1. The van der Waals surface area contributed by atoms with Crippen molar-refractivity contribution in [2.24, 2.45) is 28.5 Å². The van der Waals surface area contributed by atoms with E-state index in [9.17, 15) is 13.2 Å². The van der Waals surface area contributed by atoms with Crippen LogP contribution >= 0.6 is 0 Å². The number of aliphatic imine (C=N–C) groups is 1. The lowest BCUT2D eigenvalue weighted by atomic mass is 9.78. The highest BCUT2D eigenvalue weighted by molar-refractivity contribution is 6.04. The lowest BCUT2D eigenvalue weighted by Gasteiger charge is -2.52. The van der Waals surface area contributed by atoms with E-state index in [0.717, 1.165) is 44.3 Å². The van der Waals surface area contributed by atoms with E-state index in [1.807, 2.05) is 13.8 Å². The van der Waals surface area contributed by atoms with Gasteiger partial charge < -0.3 is 16.2 Å². The highest BCUT2D eigenvalue weighted by Gasteiger charge is 2.65. The van der Waals surface area contributed by atoms with E-state index >= 15 is 0 Å². The molecule has 0 amide bonds. The Morgan fingerprint density at radius 1 is 1.38 bits per heavy atom. The minimum Gasteiger partial charge on any atom is -0.398 e. The molecule has 9 heteroatoms. The minimum atomic E-state index is -4.58. The predicted molar refractivity (Wildman–Crippen MR) is 119 cm³/mol. The van der Waals surface area contributed by atoms with Crippen molar-refractivity contribution in [2.75, 3.05) is 32.5 Å². The van der Waals surface area contributed by atoms with Crippen LogP contribution in [0, 0.1) is 17.8 Å². The van der Waals surface area contributed by atoms with Crippen molar-refractivity contribution < 1.29 is 17.9 Å². The van der Waals surface area contributed by atoms with E-state index in [4.69, 9.17) is 21.2 Å². The number of alkyl halides is 3. The number of hydrogen-bond donors (Lipinski definition) is 2. The fraction of sp³-hybridized carbons (Fsp3) is 0.652. The first-order chi connectivity index (χ1) is 15.1. The van der Waals surface area contributed by atoms with E-state index in [1.165, 1.54) is 12.6 Å². The van der Waals surface area contributed by atoms with Crippen LogP contribution in [0.1, 0.15) is 44.2 Å². The molecule has 2 heterocycles. The lowest BCUT2D eigenvalue weighted by molar-refractivity contribution is -0.137. The normalized spacial score (nSPS) is 30.7. The molecule has 3 aliphatic rings. The topological polar surface area (TPSA) is 89.8 Å². The van der Waals surface area contributed by atoms with Gasteiger partial charge in [-0.25, -0.2) is 4.98 Å². The first kappa shape index (κ1) is 23.0. The fourth-order valence-electron chi connectivity index (χ4n) is 5.62. The number of rotatable bonds is 7. The molecule has 176 valence electrons. The molecule has 1 saturated heterocycles. The highest BCUT2D eigenvalue weighted by atomic mass is 19.4. The summed E-state index contributed by atoms with van der Waals surface area (Å²) < 4.78 is 44.9. The number of aromatic nitrogens is 1. The molecule has 0 aromatic carbocycles. The third kappa shape index (κ3) is 4.24. The van der Waals surface area contributed by atoms with Crippen LogP contribution in [0.4, 0.5) is 19.0 Å². The van der Waals surface area contributed by atoms with Crippen LogP contribution in [0.3, 0.4) is 0 Å². The lowest BCUT2D eigenvalue weighted by Crippen LogP contribution is -2.60. The number of ether oxygens (including phenoxy) is 1. The summed E-state index contributed by atoms with van der Waals surface area (Å²) in [6, 6.07) is 1.04. The molecule has 2 saturated carbocycles. The number of nitrogen functional groups attached to an aromatic ring is 1. The van der Waals surface area contributed by atoms with Gasteiger partial charge in [0.25, 0.3) is 0 Å². The molecule has 2 atom stereocenters. The summed E-state index contributed by atoms with van der Waals surface area (Å²) >= 11 is 0. The average molecular weight is 452 g/mol. The first-order valence-electron chi connectivity index (χ1n) is 11.2. The van der Waals surface area contributed by atoms with Crippen LogP contribution < -0.4 is 11.5 Å². The van der Waals surface area contributed by atoms with Gasteiger partial charge in [-0.05, 0) is 57.1 Å². The molecule has 3 fully saturated rings. The first-order valence-corrected chi connectivity index (χ1v) is 11.2. The van der Waals surface area contributed by atoms with Crippen molar-refractivity contribution in [3.8, 4) is 0 Å². The zero-order valence-electron chi connectivity index (χ0n) is 18.8. The maximum atomic E-state index is 13.2. The Morgan fingerprint density at radius 3 is 2.59 bits per heavy atom. The van der Waals surface area contributed by atoms with Crippen molar-refractivity contribution >= 4 is 17.2 Å². The Hall–Kier alpha value is -2.13. The molecule has 1 aromatic heterocycles. The molecular weight excluding hydrogens is 419 g/mol. The van der Waals surface area contributed by atoms with Crippen molar-refractivity contribution in [2.45, 2.75) is 50.9 Å². The van der Waals surface area contributed by atoms with Gasteiger partial charge in [-0.15, -0.1) is 0 Å². The zero-order valence-corrected chi connectivity index (χ0v) is 18.8. The van der Waals surface area contributed by atoms with Crippen molar-refractivity contribution in [1.82, 2.24) is 9.88 Å². The number of anilines is 1. The second-order valence-electron chi connectivity index (χ2n) is 9.62. The van der Waals surface area contributed by atoms with Crippen molar-refractivity contribution in [3.05, 3.63) is 29.5 Å². The van der Waals surface area contributed by atoms with Gasteiger partial charge in [0, 0.05) is 60.9 Å². The number of nitrogens with two attached hydrogens (primary N) is 2.